The van der Waals surface area contributed by atoms with E-state index in [0.717, 1.165) is 0 Å². The van der Waals surface area contributed by atoms with Crippen LogP contribution >= 0.6 is 0 Å². The van der Waals surface area contributed by atoms with Gasteiger partial charge < -0.3 is 4.74 Å². The van der Waals surface area contributed by atoms with Crippen molar-refractivity contribution in [1.82, 2.24) is 0 Å². The molecule has 2 atom stereocenters. The lowest BCUT2D eigenvalue weighted by Crippen LogP contribution is -2.22. The van der Waals surface area contributed by atoms with Gasteiger partial charge in [0.05, 0.1) is 6.10 Å². The fourth-order valence-electron chi connectivity index (χ4n) is 0.890. The first-order valence-electron chi connectivity index (χ1n) is 3.91. The molecule has 4 heteroatoms. The van der Waals surface area contributed by atoms with E-state index in [4.69, 9.17) is 4.74 Å². The second-order valence-electron chi connectivity index (χ2n) is 2.67. The van der Waals surface area contributed by atoms with E-state index in [9.17, 15) is 10.1 Å². The molecule has 0 spiro atoms. The van der Waals surface area contributed by atoms with Crippen LogP contribution in [0.2, 0.25) is 0 Å². The Balaban J connectivity index is 3.93. The molecule has 0 N–H and O–H groups in total. The van der Waals surface area contributed by atoms with Crippen LogP contribution in [0.5, 0.6) is 0 Å². The van der Waals surface area contributed by atoms with Crippen LogP contribution in [-0.2, 0) is 4.74 Å². The molecule has 0 aliphatic carbocycles. The van der Waals surface area contributed by atoms with Crippen LogP contribution in [-0.4, -0.2) is 24.2 Å². The Bertz CT molecular complexity index is 168. The molecule has 0 aromatic heterocycles. The highest BCUT2D eigenvalue weighted by atomic mass is 16.6. The van der Waals surface area contributed by atoms with Crippen LogP contribution in [0.4, 0.5) is 0 Å². The minimum absolute atomic E-state index is 0.143. The highest BCUT2D eigenvalue weighted by molar-refractivity contribution is 4.87. The molecule has 0 aliphatic rings. The van der Waals surface area contributed by atoms with Crippen LogP contribution in [0, 0.1) is 10.1 Å². The number of hydrogen-bond donors (Lipinski definition) is 0. The van der Waals surface area contributed by atoms with Gasteiger partial charge in [-0.15, -0.1) is 0 Å². The Morgan fingerprint density at radius 2 is 2.25 bits per heavy atom. The molecule has 2 unspecified atom stereocenters. The SMILES string of the molecule is C/C=C/C(CC(C)[N+](=O)[O-])OC. The molecule has 0 saturated carbocycles. The summed E-state index contributed by atoms with van der Waals surface area (Å²) in [7, 11) is 1.55. The van der Waals surface area contributed by atoms with Crippen LogP contribution < -0.4 is 0 Å². The van der Waals surface area contributed by atoms with Crippen molar-refractivity contribution in [3.63, 3.8) is 0 Å². The summed E-state index contributed by atoms with van der Waals surface area (Å²) in [6.45, 7) is 3.44. The zero-order valence-corrected chi connectivity index (χ0v) is 7.69. The third kappa shape index (κ3) is 4.08. The second-order valence-corrected chi connectivity index (χ2v) is 2.67. The van der Waals surface area contributed by atoms with Gasteiger partial charge >= 0.3 is 0 Å². The minimum Gasteiger partial charge on any atom is -0.377 e. The van der Waals surface area contributed by atoms with Gasteiger partial charge in [-0.2, -0.15) is 0 Å². The van der Waals surface area contributed by atoms with Crippen molar-refractivity contribution in [2.75, 3.05) is 7.11 Å². The summed E-state index contributed by atoms with van der Waals surface area (Å²) < 4.78 is 5.02. The highest BCUT2D eigenvalue weighted by Crippen LogP contribution is 2.05. The molecule has 12 heavy (non-hydrogen) atoms. The van der Waals surface area contributed by atoms with Gasteiger partial charge in [0, 0.05) is 25.4 Å². The number of nitrogens with zero attached hydrogens (tertiary/aromatic N) is 1. The van der Waals surface area contributed by atoms with Gasteiger partial charge in [-0.25, -0.2) is 0 Å². The first kappa shape index (κ1) is 11.1. The van der Waals surface area contributed by atoms with E-state index >= 15 is 0 Å². The molecule has 0 bridgehead atoms. The molecule has 0 rings (SSSR count). The second kappa shape index (κ2) is 5.71. The Kier molecular flexibility index (Phi) is 5.28. The van der Waals surface area contributed by atoms with Gasteiger partial charge in [-0.3, -0.25) is 10.1 Å². The largest absolute Gasteiger partial charge is 0.377 e. The van der Waals surface area contributed by atoms with Crippen molar-refractivity contribution in [3.8, 4) is 0 Å². The Morgan fingerprint density at radius 1 is 1.67 bits per heavy atom. The summed E-state index contributed by atoms with van der Waals surface area (Å²) in [5, 5.41) is 10.3. The molecule has 0 aliphatic heterocycles. The normalized spacial score (nSPS) is 16.2. The summed E-state index contributed by atoms with van der Waals surface area (Å²) in [6, 6.07) is -0.550. The standard InChI is InChI=1S/C8H15NO3/c1-4-5-8(12-3)6-7(2)9(10)11/h4-5,7-8H,6H2,1-3H3/b5-4+. The Labute approximate surface area is 72.4 Å². The van der Waals surface area contributed by atoms with Crippen molar-refractivity contribution in [3.05, 3.63) is 22.3 Å². The van der Waals surface area contributed by atoms with Crippen molar-refractivity contribution in [1.29, 1.82) is 0 Å². The number of rotatable bonds is 5. The van der Waals surface area contributed by atoms with Gasteiger partial charge in [-0.1, -0.05) is 12.2 Å². The van der Waals surface area contributed by atoms with Crippen LogP contribution in [0.25, 0.3) is 0 Å². The number of methoxy groups -OCH3 is 1. The molecule has 0 aromatic carbocycles. The van der Waals surface area contributed by atoms with Gasteiger partial charge in [-0.05, 0) is 6.92 Å². The molecule has 0 aromatic rings. The van der Waals surface area contributed by atoms with Gasteiger partial charge in [0.25, 0.3) is 0 Å². The molecule has 0 heterocycles. The molecule has 70 valence electrons. The number of allylic oxidation sites excluding steroid dienone is 1. The molecule has 0 saturated heterocycles. The number of hydrogen-bond acceptors (Lipinski definition) is 3. The summed E-state index contributed by atoms with van der Waals surface area (Å²) >= 11 is 0. The quantitative estimate of drug-likeness (QED) is 0.360. The zero-order chi connectivity index (χ0) is 9.56. The Hall–Kier alpha value is -0.900. The molecule has 0 radical (unpaired) electrons. The van der Waals surface area contributed by atoms with Crippen LogP contribution in [0.3, 0.4) is 0 Å². The summed E-state index contributed by atoms with van der Waals surface area (Å²) in [4.78, 5) is 9.98. The summed E-state index contributed by atoms with van der Waals surface area (Å²) in [6.07, 6.45) is 3.93. The van der Waals surface area contributed by atoms with E-state index in [1.807, 2.05) is 19.1 Å². The predicted molar refractivity (Wildman–Crippen MR) is 46.7 cm³/mol. The average molecular weight is 173 g/mol. The predicted octanol–water partition coefficient (Wildman–Crippen LogP) is 1.63. The smallest absolute Gasteiger partial charge is 0.213 e. The zero-order valence-electron chi connectivity index (χ0n) is 7.69. The van der Waals surface area contributed by atoms with Crippen molar-refractivity contribution in [2.45, 2.75) is 32.4 Å². The molecule has 0 fully saturated rings. The van der Waals surface area contributed by atoms with Crippen molar-refractivity contribution >= 4 is 0 Å². The maximum Gasteiger partial charge on any atom is 0.213 e. The van der Waals surface area contributed by atoms with E-state index < -0.39 is 6.04 Å². The molecular formula is C8H15NO3. The Morgan fingerprint density at radius 3 is 2.58 bits per heavy atom. The lowest BCUT2D eigenvalue weighted by Gasteiger charge is -2.11. The maximum absolute atomic E-state index is 10.3. The maximum atomic E-state index is 10.3. The van der Waals surface area contributed by atoms with Gasteiger partial charge in [0.15, 0.2) is 0 Å². The molecule has 0 amide bonds. The van der Waals surface area contributed by atoms with E-state index in [1.165, 1.54) is 0 Å². The molecule has 4 nitrogen and oxygen atoms in total. The van der Waals surface area contributed by atoms with E-state index in [1.54, 1.807) is 14.0 Å². The summed E-state index contributed by atoms with van der Waals surface area (Å²) in [5.74, 6) is 0. The monoisotopic (exact) mass is 173 g/mol. The lowest BCUT2D eigenvalue weighted by atomic mass is 10.1. The van der Waals surface area contributed by atoms with Gasteiger partial charge in [0.2, 0.25) is 6.04 Å². The minimum atomic E-state index is -0.550. The van der Waals surface area contributed by atoms with E-state index in [2.05, 4.69) is 0 Å². The highest BCUT2D eigenvalue weighted by Gasteiger charge is 2.17. The number of nitro groups is 1. The fraction of sp³-hybridized carbons (Fsp3) is 0.750. The third-order valence-electron chi connectivity index (χ3n) is 1.64. The lowest BCUT2D eigenvalue weighted by molar-refractivity contribution is -0.520. The van der Waals surface area contributed by atoms with Crippen LogP contribution in [0.1, 0.15) is 20.3 Å². The van der Waals surface area contributed by atoms with Crippen molar-refractivity contribution < 1.29 is 9.66 Å². The third-order valence-corrected chi connectivity index (χ3v) is 1.64. The van der Waals surface area contributed by atoms with Gasteiger partial charge in [0.1, 0.15) is 0 Å². The average Bonchev–Trinajstić information content (AvgIpc) is 2.03. The molecular weight excluding hydrogens is 158 g/mol. The number of ether oxygens (including phenoxy) is 1. The van der Waals surface area contributed by atoms with Crippen LogP contribution in [0.15, 0.2) is 12.2 Å². The topological polar surface area (TPSA) is 52.4 Å². The van der Waals surface area contributed by atoms with E-state index in [0.29, 0.717) is 6.42 Å². The van der Waals surface area contributed by atoms with E-state index in [-0.39, 0.29) is 11.0 Å². The first-order valence-corrected chi connectivity index (χ1v) is 3.91. The summed E-state index contributed by atoms with van der Waals surface area (Å²) in [5.41, 5.74) is 0. The first-order chi connectivity index (χ1) is 5.61. The fourth-order valence-corrected chi connectivity index (χ4v) is 0.890. The van der Waals surface area contributed by atoms with Crippen molar-refractivity contribution in [2.24, 2.45) is 0 Å².